The van der Waals surface area contributed by atoms with Crippen molar-refractivity contribution in [2.45, 2.75) is 52.1 Å². The summed E-state index contributed by atoms with van der Waals surface area (Å²) < 4.78 is 38.6. The molecule has 9 nitrogen and oxygen atoms in total. The first kappa shape index (κ1) is 21.5. The van der Waals surface area contributed by atoms with Crippen molar-refractivity contribution in [3.63, 3.8) is 0 Å². The molecule has 2 aliphatic carbocycles. The first-order valence-electron chi connectivity index (χ1n) is 10.5. The molecule has 10 heteroatoms. The van der Waals surface area contributed by atoms with Gasteiger partial charge in [-0.2, -0.15) is 4.31 Å². The van der Waals surface area contributed by atoms with Crippen LogP contribution in [0.5, 0.6) is 0 Å². The Morgan fingerprint density at radius 2 is 2.17 bits per heavy atom. The average molecular weight is 440 g/mol. The number of aromatic nitrogens is 1. The van der Waals surface area contributed by atoms with Crippen LogP contribution in [0.15, 0.2) is 16.9 Å². The number of fused-ring (bicyclic) bond motifs is 2. The van der Waals surface area contributed by atoms with Crippen LogP contribution in [0.25, 0.3) is 0 Å². The standard InChI is InChI=1S/C20H29N3O6S/c1-19(2)14-5-7-20(19,16(24)10-14)13-30(26,27)23(11-15-4-3-8-28-15)12-18(25)21-17-6-9-29-22-17/h6,9,14-15H,3-5,7-8,10-13H2,1-2H3,(H,21,22,25). The molecule has 166 valence electrons. The number of nitrogens with zero attached hydrogens (tertiary/aromatic N) is 2. The minimum absolute atomic E-state index is 0.0384. The average Bonchev–Trinajstić information content (AvgIpc) is 3.42. The van der Waals surface area contributed by atoms with Gasteiger partial charge in [0.1, 0.15) is 12.0 Å². The molecule has 2 bridgehead atoms. The van der Waals surface area contributed by atoms with Crippen molar-refractivity contribution in [3.8, 4) is 0 Å². The monoisotopic (exact) mass is 439 g/mol. The van der Waals surface area contributed by atoms with E-state index in [4.69, 9.17) is 9.26 Å². The van der Waals surface area contributed by atoms with E-state index in [1.807, 2.05) is 13.8 Å². The van der Waals surface area contributed by atoms with E-state index in [1.165, 1.54) is 16.6 Å². The predicted molar refractivity (Wildman–Crippen MR) is 108 cm³/mol. The lowest BCUT2D eigenvalue weighted by atomic mass is 9.70. The molecule has 0 radical (unpaired) electrons. The van der Waals surface area contributed by atoms with Crippen molar-refractivity contribution in [2.75, 3.05) is 30.8 Å². The van der Waals surface area contributed by atoms with Crippen LogP contribution >= 0.6 is 0 Å². The molecule has 1 aromatic heterocycles. The van der Waals surface area contributed by atoms with E-state index in [0.717, 1.165) is 19.3 Å². The highest BCUT2D eigenvalue weighted by Crippen LogP contribution is 2.64. The first-order chi connectivity index (χ1) is 14.1. The minimum Gasteiger partial charge on any atom is -0.377 e. The lowest BCUT2D eigenvalue weighted by Gasteiger charge is -2.37. The molecule has 1 aromatic rings. The maximum atomic E-state index is 13.5. The lowest BCUT2D eigenvalue weighted by molar-refractivity contribution is -0.128. The van der Waals surface area contributed by atoms with Crippen molar-refractivity contribution < 1.29 is 27.3 Å². The van der Waals surface area contributed by atoms with Gasteiger partial charge < -0.3 is 14.6 Å². The zero-order valence-corrected chi connectivity index (χ0v) is 18.2. The molecule has 0 aromatic carbocycles. The largest absolute Gasteiger partial charge is 0.377 e. The van der Waals surface area contributed by atoms with Gasteiger partial charge in [0.05, 0.1) is 18.4 Å². The fourth-order valence-electron chi connectivity index (χ4n) is 5.42. The SMILES string of the molecule is CC1(C)C2CCC1(CS(=O)(=O)N(CC(=O)Nc1ccon1)CC1CCCO1)C(=O)C2. The van der Waals surface area contributed by atoms with Crippen LogP contribution in [0.4, 0.5) is 5.82 Å². The number of rotatable bonds is 8. The number of Topliss-reactive ketones (excluding diaryl/α,β-unsaturated/α-hetero) is 1. The summed E-state index contributed by atoms with van der Waals surface area (Å²) in [4.78, 5) is 25.4. The van der Waals surface area contributed by atoms with Crippen LogP contribution in [0.1, 0.15) is 46.0 Å². The van der Waals surface area contributed by atoms with E-state index in [0.29, 0.717) is 19.4 Å². The molecule has 4 rings (SSSR count). The quantitative estimate of drug-likeness (QED) is 0.656. The molecule has 3 atom stereocenters. The van der Waals surface area contributed by atoms with Gasteiger partial charge in [0, 0.05) is 31.1 Å². The normalized spacial score (nSPS) is 30.3. The number of hydrogen-bond acceptors (Lipinski definition) is 7. The van der Waals surface area contributed by atoms with Crippen molar-refractivity contribution in [1.82, 2.24) is 9.46 Å². The summed E-state index contributed by atoms with van der Waals surface area (Å²) >= 11 is 0. The summed E-state index contributed by atoms with van der Waals surface area (Å²) in [7, 11) is -3.89. The fourth-order valence-corrected chi connectivity index (χ4v) is 7.61. The second kappa shape index (κ2) is 7.72. The molecule has 1 saturated heterocycles. The van der Waals surface area contributed by atoms with Crippen LogP contribution < -0.4 is 5.32 Å². The van der Waals surface area contributed by atoms with Crippen LogP contribution in [-0.4, -0.2) is 61.1 Å². The Hall–Kier alpha value is -1.78. The first-order valence-corrected chi connectivity index (χ1v) is 12.1. The summed E-state index contributed by atoms with van der Waals surface area (Å²) in [6.07, 6.45) is 4.57. The fraction of sp³-hybridized carbons (Fsp3) is 0.750. The Morgan fingerprint density at radius 3 is 2.73 bits per heavy atom. The summed E-state index contributed by atoms with van der Waals surface area (Å²) in [5, 5.41) is 6.17. The van der Waals surface area contributed by atoms with E-state index in [1.54, 1.807) is 0 Å². The third-order valence-electron chi connectivity index (χ3n) is 7.42. The highest BCUT2D eigenvalue weighted by Gasteiger charge is 2.65. The Balaban J connectivity index is 1.55. The van der Waals surface area contributed by atoms with E-state index in [9.17, 15) is 18.0 Å². The van der Waals surface area contributed by atoms with Crippen LogP contribution in [-0.2, 0) is 24.3 Å². The van der Waals surface area contributed by atoms with Gasteiger partial charge in [0.15, 0.2) is 5.82 Å². The van der Waals surface area contributed by atoms with Gasteiger partial charge in [-0.1, -0.05) is 19.0 Å². The minimum atomic E-state index is -3.89. The van der Waals surface area contributed by atoms with Crippen LogP contribution in [0.3, 0.4) is 0 Å². The van der Waals surface area contributed by atoms with E-state index in [2.05, 4.69) is 10.5 Å². The Labute approximate surface area is 176 Å². The number of ketones is 1. The highest BCUT2D eigenvalue weighted by molar-refractivity contribution is 7.89. The molecule has 1 N–H and O–H groups in total. The van der Waals surface area contributed by atoms with Crippen molar-refractivity contribution >= 4 is 27.5 Å². The maximum Gasteiger partial charge on any atom is 0.240 e. The van der Waals surface area contributed by atoms with Gasteiger partial charge in [-0.05, 0) is 37.0 Å². The van der Waals surface area contributed by atoms with E-state index in [-0.39, 0.29) is 47.9 Å². The van der Waals surface area contributed by atoms with Crippen molar-refractivity contribution in [2.24, 2.45) is 16.7 Å². The number of nitrogens with one attached hydrogen (secondary N) is 1. The molecular formula is C20H29N3O6S. The second-order valence-corrected chi connectivity index (χ2v) is 11.3. The summed E-state index contributed by atoms with van der Waals surface area (Å²) in [6.45, 7) is 4.34. The molecule has 3 unspecified atom stereocenters. The third-order valence-corrected chi connectivity index (χ3v) is 9.34. The number of amides is 1. The zero-order chi connectivity index (χ0) is 21.6. The van der Waals surface area contributed by atoms with Gasteiger partial charge in [-0.25, -0.2) is 8.42 Å². The molecule has 2 heterocycles. The molecule has 3 aliphatic rings. The van der Waals surface area contributed by atoms with Crippen molar-refractivity contribution in [3.05, 3.63) is 12.3 Å². The molecule has 3 fully saturated rings. The molecule has 1 aliphatic heterocycles. The maximum absolute atomic E-state index is 13.5. The number of carbonyl (C=O) groups is 2. The predicted octanol–water partition coefficient (Wildman–Crippen LogP) is 1.82. The number of carbonyl (C=O) groups excluding carboxylic acids is 2. The summed E-state index contributed by atoms with van der Waals surface area (Å²) in [5.41, 5.74) is -1.25. The number of ether oxygens (including phenoxy) is 1. The smallest absolute Gasteiger partial charge is 0.240 e. The van der Waals surface area contributed by atoms with Gasteiger partial charge in [0.25, 0.3) is 0 Å². The van der Waals surface area contributed by atoms with Crippen molar-refractivity contribution in [1.29, 1.82) is 0 Å². The van der Waals surface area contributed by atoms with E-state index >= 15 is 0 Å². The summed E-state index contributed by atoms with van der Waals surface area (Å²) in [5.74, 6) is -0.284. The molecular weight excluding hydrogens is 410 g/mol. The Morgan fingerprint density at radius 1 is 1.37 bits per heavy atom. The second-order valence-electron chi connectivity index (χ2n) is 9.28. The highest BCUT2D eigenvalue weighted by atomic mass is 32.2. The molecule has 2 saturated carbocycles. The van der Waals surface area contributed by atoms with Crippen LogP contribution in [0.2, 0.25) is 0 Å². The number of anilines is 1. The molecule has 1 amide bonds. The lowest BCUT2D eigenvalue weighted by Crippen LogP contribution is -2.49. The number of sulfonamides is 1. The third kappa shape index (κ3) is 3.69. The molecule has 30 heavy (non-hydrogen) atoms. The topological polar surface area (TPSA) is 119 Å². The van der Waals surface area contributed by atoms with Gasteiger partial charge >= 0.3 is 0 Å². The Bertz CT molecular complexity index is 907. The van der Waals surface area contributed by atoms with Gasteiger partial charge in [0.2, 0.25) is 15.9 Å². The van der Waals surface area contributed by atoms with E-state index < -0.39 is 21.3 Å². The van der Waals surface area contributed by atoms with Crippen LogP contribution in [0, 0.1) is 16.7 Å². The van der Waals surface area contributed by atoms with Gasteiger partial charge in [-0.15, -0.1) is 0 Å². The molecule has 0 spiro atoms. The Kier molecular flexibility index (Phi) is 5.52. The number of hydrogen-bond donors (Lipinski definition) is 1. The van der Waals surface area contributed by atoms with Gasteiger partial charge in [-0.3, -0.25) is 9.59 Å². The zero-order valence-electron chi connectivity index (χ0n) is 17.4. The summed E-state index contributed by atoms with van der Waals surface area (Å²) in [6, 6.07) is 1.48.